The van der Waals surface area contributed by atoms with Gasteiger partial charge >= 0.3 is 0 Å². The lowest BCUT2D eigenvalue weighted by Crippen LogP contribution is -2.31. The summed E-state index contributed by atoms with van der Waals surface area (Å²) in [6.07, 6.45) is 0. The summed E-state index contributed by atoms with van der Waals surface area (Å²) in [5.74, 6) is 1.56. The Bertz CT molecular complexity index is 595. The van der Waals surface area contributed by atoms with Crippen LogP contribution >= 0.6 is 11.8 Å². The summed E-state index contributed by atoms with van der Waals surface area (Å²) in [4.78, 5) is 14.1. The van der Waals surface area contributed by atoms with Gasteiger partial charge in [-0.3, -0.25) is 4.79 Å². The molecule has 0 aliphatic heterocycles. The van der Waals surface area contributed by atoms with Gasteiger partial charge < -0.3 is 4.90 Å². The van der Waals surface area contributed by atoms with Crippen LogP contribution in [0.4, 0.5) is 0 Å². The molecule has 1 unspecified atom stereocenters. The Kier molecular flexibility index (Phi) is 6.08. The summed E-state index contributed by atoms with van der Waals surface area (Å²) in [5, 5.41) is 0. The molecule has 0 spiro atoms. The summed E-state index contributed by atoms with van der Waals surface area (Å²) in [6, 6.07) is 18.7. The number of rotatable bonds is 6. The minimum atomic E-state index is 0.105. The van der Waals surface area contributed by atoms with E-state index in [-0.39, 0.29) is 11.9 Å². The zero-order valence-electron chi connectivity index (χ0n) is 13.5. The lowest BCUT2D eigenvalue weighted by atomic mass is 10.1. The molecule has 0 aliphatic rings. The molecule has 2 aromatic carbocycles. The van der Waals surface area contributed by atoms with Crippen molar-refractivity contribution in [3.05, 3.63) is 71.3 Å². The third-order valence-corrected chi connectivity index (χ3v) is 4.86. The molecule has 1 atom stereocenters. The number of nitrogens with zero attached hydrogens (tertiary/aromatic N) is 1. The van der Waals surface area contributed by atoms with E-state index in [1.165, 1.54) is 16.7 Å². The van der Waals surface area contributed by atoms with Gasteiger partial charge in [0.25, 0.3) is 0 Å². The van der Waals surface area contributed by atoms with Crippen LogP contribution in [0.25, 0.3) is 0 Å². The Balaban J connectivity index is 1.82. The number of aryl methyl sites for hydroxylation is 1. The molecule has 3 heteroatoms. The summed E-state index contributed by atoms with van der Waals surface area (Å²) in [7, 11) is 1.88. The largest absolute Gasteiger partial charge is 0.338 e. The van der Waals surface area contributed by atoms with Gasteiger partial charge in [-0.05, 0) is 25.0 Å². The molecule has 0 bridgehead atoms. The van der Waals surface area contributed by atoms with Crippen molar-refractivity contribution < 1.29 is 4.79 Å². The fraction of sp³-hybridized carbons (Fsp3) is 0.316. The third kappa shape index (κ3) is 4.63. The molecular weight excluding hydrogens is 290 g/mol. The van der Waals surface area contributed by atoms with Crippen molar-refractivity contribution in [3.63, 3.8) is 0 Å². The maximum atomic E-state index is 12.3. The maximum absolute atomic E-state index is 12.3. The van der Waals surface area contributed by atoms with Crippen LogP contribution in [0.5, 0.6) is 0 Å². The van der Waals surface area contributed by atoms with Gasteiger partial charge in [-0.1, -0.05) is 60.2 Å². The number of hydrogen-bond acceptors (Lipinski definition) is 2. The van der Waals surface area contributed by atoms with E-state index >= 15 is 0 Å². The Labute approximate surface area is 137 Å². The van der Waals surface area contributed by atoms with Crippen LogP contribution in [0.1, 0.15) is 29.7 Å². The second-order valence-corrected chi connectivity index (χ2v) is 6.56. The fourth-order valence-electron chi connectivity index (χ4n) is 2.21. The van der Waals surface area contributed by atoms with Crippen molar-refractivity contribution in [1.82, 2.24) is 4.90 Å². The Hall–Kier alpha value is -1.74. The topological polar surface area (TPSA) is 20.3 Å². The first-order valence-electron chi connectivity index (χ1n) is 7.52. The van der Waals surface area contributed by atoms with Gasteiger partial charge in [0.1, 0.15) is 0 Å². The molecule has 2 nitrogen and oxygen atoms in total. The molecule has 2 rings (SSSR count). The molecular formula is C19H23NOS. The van der Waals surface area contributed by atoms with Crippen LogP contribution in [0.3, 0.4) is 0 Å². The number of benzene rings is 2. The van der Waals surface area contributed by atoms with E-state index < -0.39 is 0 Å². The molecule has 0 heterocycles. The molecule has 116 valence electrons. The summed E-state index contributed by atoms with van der Waals surface area (Å²) >= 11 is 1.67. The van der Waals surface area contributed by atoms with Crippen LogP contribution in [0.15, 0.2) is 54.6 Å². The van der Waals surface area contributed by atoms with E-state index in [0.29, 0.717) is 5.75 Å². The monoisotopic (exact) mass is 313 g/mol. The molecule has 0 fully saturated rings. The summed E-state index contributed by atoms with van der Waals surface area (Å²) < 4.78 is 0. The summed E-state index contributed by atoms with van der Waals surface area (Å²) in [5.41, 5.74) is 3.70. The first kappa shape index (κ1) is 16.6. The maximum Gasteiger partial charge on any atom is 0.232 e. The van der Waals surface area contributed by atoms with Crippen LogP contribution < -0.4 is 0 Å². The first-order chi connectivity index (χ1) is 10.6. The van der Waals surface area contributed by atoms with Crippen LogP contribution in [-0.4, -0.2) is 23.6 Å². The average Bonchev–Trinajstić information content (AvgIpc) is 2.56. The second-order valence-electron chi connectivity index (χ2n) is 5.57. The zero-order valence-corrected chi connectivity index (χ0v) is 14.3. The van der Waals surface area contributed by atoms with Crippen LogP contribution in [0, 0.1) is 6.92 Å². The zero-order chi connectivity index (χ0) is 15.9. The van der Waals surface area contributed by atoms with E-state index in [2.05, 4.69) is 50.2 Å². The highest BCUT2D eigenvalue weighted by Crippen LogP contribution is 2.20. The minimum Gasteiger partial charge on any atom is -0.338 e. The SMILES string of the molecule is Cc1ccc(CSCC(=O)N(C)C(C)c2ccccc2)cc1. The van der Waals surface area contributed by atoms with Crippen molar-refractivity contribution in [2.45, 2.75) is 25.6 Å². The summed E-state index contributed by atoms with van der Waals surface area (Å²) in [6.45, 7) is 4.15. The first-order valence-corrected chi connectivity index (χ1v) is 8.67. The van der Waals surface area contributed by atoms with E-state index in [9.17, 15) is 4.79 Å². The predicted octanol–water partition coefficient (Wildman–Crippen LogP) is 4.45. The number of carbonyl (C=O) groups excluding carboxylic acids is 1. The third-order valence-electron chi connectivity index (χ3n) is 3.87. The van der Waals surface area contributed by atoms with E-state index in [1.807, 2.05) is 30.1 Å². The van der Waals surface area contributed by atoms with Crippen LogP contribution in [0.2, 0.25) is 0 Å². The van der Waals surface area contributed by atoms with Crippen molar-refractivity contribution in [1.29, 1.82) is 0 Å². The number of hydrogen-bond donors (Lipinski definition) is 0. The lowest BCUT2D eigenvalue weighted by Gasteiger charge is -2.25. The molecule has 0 saturated carbocycles. The fourth-order valence-corrected chi connectivity index (χ4v) is 3.12. The normalized spacial score (nSPS) is 12.0. The Morgan fingerprint density at radius 1 is 1.09 bits per heavy atom. The Morgan fingerprint density at radius 3 is 2.36 bits per heavy atom. The molecule has 1 amide bonds. The van der Waals surface area contributed by atoms with Crippen molar-refractivity contribution in [3.8, 4) is 0 Å². The lowest BCUT2D eigenvalue weighted by molar-refractivity contribution is -0.128. The minimum absolute atomic E-state index is 0.105. The number of thioether (sulfide) groups is 1. The smallest absolute Gasteiger partial charge is 0.232 e. The molecule has 0 N–H and O–H groups in total. The second kappa shape index (κ2) is 8.04. The predicted molar refractivity (Wildman–Crippen MR) is 95.0 cm³/mol. The van der Waals surface area contributed by atoms with Gasteiger partial charge in [0.15, 0.2) is 0 Å². The molecule has 0 radical (unpaired) electrons. The van der Waals surface area contributed by atoms with E-state index in [1.54, 1.807) is 11.8 Å². The molecule has 2 aromatic rings. The molecule has 22 heavy (non-hydrogen) atoms. The van der Waals surface area contributed by atoms with Crippen molar-refractivity contribution >= 4 is 17.7 Å². The Morgan fingerprint density at radius 2 is 1.73 bits per heavy atom. The standard InChI is InChI=1S/C19H23NOS/c1-15-9-11-17(12-10-15)13-22-14-19(21)20(3)16(2)18-7-5-4-6-8-18/h4-12,16H,13-14H2,1-3H3. The van der Waals surface area contributed by atoms with Gasteiger partial charge in [-0.2, -0.15) is 0 Å². The van der Waals surface area contributed by atoms with Gasteiger partial charge in [0.2, 0.25) is 5.91 Å². The van der Waals surface area contributed by atoms with E-state index in [0.717, 1.165) is 5.75 Å². The molecule has 0 saturated heterocycles. The van der Waals surface area contributed by atoms with E-state index in [4.69, 9.17) is 0 Å². The van der Waals surface area contributed by atoms with Crippen molar-refractivity contribution in [2.75, 3.05) is 12.8 Å². The number of carbonyl (C=O) groups is 1. The van der Waals surface area contributed by atoms with Gasteiger partial charge in [0.05, 0.1) is 11.8 Å². The molecule has 0 aliphatic carbocycles. The van der Waals surface area contributed by atoms with Crippen LogP contribution in [-0.2, 0) is 10.5 Å². The quantitative estimate of drug-likeness (QED) is 0.785. The van der Waals surface area contributed by atoms with Gasteiger partial charge in [0, 0.05) is 12.8 Å². The average molecular weight is 313 g/mol. The molecule has 0 aromatic heterocycles. The van der Waals surface area contributed by atoms with Gasteiger partial charge in [-0.15, -0.1) is 11.8 Å². The van der Waals surface area contributed by atoms with Gasteiger partial charge in [-0.25, -0.2) is 0 Å². The highest BCUT2D eigenvalue weighted by Gasteiger charge is 2.16. The highest BCUT2D eigenvalue weighted by molar-refractivity contribution is 7.99. The van der Waals surface area contributed by atoms with Crippen molar-refractivity contribution in [2.24, 2.45) is 0 Å². The number of amides is 1. The highest BCUT2D eigenvalue weighted by atomic mass is 32.2.